The summed E-state index contributed by atoms with van der Waals surface area (Å²) in [6, 6.07) is 11.7. The van der Waals surface area contributed by atoms with Gasteiger partial charge in [-0.15, -0.1) is 12.4 Å². The van der Waals surface area contributed by atoms with Gasteiger partial charge in [-0.2, -0.15) is 10.1 Å². The predicted octanol–water partition coefficient (Wildman–Crippen LogP) is 2.14. The Hall–Kier alpha value is -2.71. The Morgan fingerprint density at radius 1 is 1.24 bits per heavy atom. The zero-order valence-electron chi connectivity index (χ0n) is 16.1. The van der Waals surface area contributed by atoms with Gasteiger partial charge in [-0.3, -0.25) is 9.48 Å². The smallest absolute Gasteiger partial charge is 0.257 e. The average Bonchev–Trinajstić information content (AvgIpc) is 3.29. The van der Waals surface area contributed by atoms with E-state index >= 15 is 0 Å². The van der Waals surface area contributed by atoms with Crippen LogP contribution in [0.5, 0.6) is 0 Å². The number of halogens is 1. The number of carbonyl (C=O) groups excluding carboxylic acids is 1. The second-order valence-corrected chi connectivity index (χ2v) is 6.86. The number of hydrogen-bond acceptors (Lipinski definition) is 6. The van der Waals surface area contributed by atoms with Crippen LogP contribution in [0.4, 0.5) is 0 Å². The van der Waals surface area contributed by atoms with Crippen LogP contribution in [0.15, 0.2) is 40.9 Å². The van der Waals surface area contributed by atoms with Crippen molar-refractivity contribution in [3.8, 4) is 11.5 Å². The second-order valence-electron chi connectivity index (χ2n) is 6.86. The summed E-state index contributed by atoms with van der Waals surface area (Å²) in [5, 5.41) is 14.9. The predicted molar refractivity (Wildman–Crippen MR) is 111 cm³/mol. The highest BCUT2D eigenvalue weighted by Gasteiger charge is 2.12. The highest BCUT2D eigenvalue weighted by molar-refractivity contribution is 5.85. The standard InChI is InChI=1S/C20H24N6O2.ClH/c27-19(8-7-16-13-17-14-21-10-4-12-26(17)24-16)22-11-9-18-23-20(28-25-18)15-5-2-1-3-6-15;/h1-3,5-6,13,21H,4,7-12,14H2,(H,22,27);1H. The molecule has 29 heavy (non-hydrogen) atoms. The van der Waals surface area contributed by atoms with Crippen LogP contribution in [0.1, 0.15) is 30.1 Å². The molecule has 0 saturated carbocycles. The topological polar surface area (TPSA) is 97.9 Å². The van der Waals surface area contributed by atoms with E-state index in [0.717, 1.165) is 37.3 Å². The summed E-state index contributed by atoms with van der Waals surface area (Å²) in [6.07, 6.45) is 2.68. The van der Waals surface area contributed by atoms with Crippen molar-refractivity contribution in [2.45, 2.75) is 38.8 Å². The van der Waals surface area contributed by atoms with Crippen LogP contribution in [-0.4, -0.2) is 38.9 Å². The molecule has 2 N–H and O–H groups in total. The molecule has 0 radical (unpaired) electrons. The number of nitrogens with one attached hydrogen (secondary N) is 2. The number of amides is 1. The van der Waals surface area contributed by atoms with Crippen molar-refractivity contribution in [1.29, 1.82) is 0 Å². The van der Waals surface area contributed by atoms with E-state index in [9.17, 15) is 4.79 Å². The molecular weight excluding hydrogens is 392 g/mol. The number of rotatable bonds is 7. The molecule has 0 spiro atoms. The van der Waals surface area contributed by atoms with Crippen molar-refractivity contribution in [2.75, 3.05) is 13.1 Å². The molecule has 0 saturated heterocycles. The van der Waals surface area contributed by atoms with E-state index in [0.29, 0.717) is 37.5 Å². The Kier molecular flexibility index (Phi) is 7.37. The molecule has 1 amide bonds. The summed E-state index contributed by atoms with van der Waals surface area (Å²) in [4.78, 5) is 16.5. The molecule has 0 bridgehead atoms. The third kappa shape index (κ3) is 5.65. The molecule has 4 rings (SSSR count). The largest absolute Gasteiger partial charge is 0.356 e. The normalized spacial score (nSPS) is 13.2. The van der Waals surface area contributed by atoms with Crippen LogP contribution >= 0.6 is 12.4 Å². The van der Waals surface area contributed by atoms with Crippen LogP contribution in [0.25, 0.3) is 11.5 Å². The molecule has 2 aromatic heterocycles. The van der Waals surface area contributed by atoms with Crippen LogP contribution in [0.2, 0.25) is 0 Å². The number of aryl methyl sites for hydroxylation is 2. The summed E-state index contributed by atoms with van der Waals surface area (Å²) >= 11 is 0. The Balaban J connectivity index is 0.00000240. The van der Waals surface area contributed by atoms with E-state index in [4.69, 9.17) is 4.52 Å². The van der Waals surface area contributed by atoms with Crippen LogP contribution in [-0.2, 0) is 30.7 Å². The minimum atomic E-state index is 0. The first kappa shape index (κ1) is 21.0. The lowest BCUT2D eigenvalue weighted by molar-refractivity contribution is -0.121. The van der Waals surface area contributed by atoms with E-state index in [1.54, 1.807) is 0 Å². The van der Waals surface area contributed by atoms with Gasteiger partial charge in [0.1, 0.15) is 0 Å². The number of benzene rings is 1. The van der Waals surface area contributed by atoms with E-state index in [1.165, 1.54) is 5.69 Å². The maximum Gasteiger partial charge on any atom is 0.257 e. The van der Waals surface area contributed by atoms with Crippen molar-refractivity contribution >= 4 is 18.3 Å². The summed E-state index contributed by atoms with van der Waals surface area (Å²) in [5.41, 5.74) is 3.05. The lowest BCUT2D eigenvalue weighted by Gasteiger charge is -2.02. The number of nitrogens with zero attached hydrogens (tertiary/aromatic N) is 4. The van der Waals surface area contributed by atoms with Crippen molar-refractivity contribution < 1.29 is 9.32 Å². The molecule has 1 aromatic carbocycles. The highest BCUT2D eigenvalue weighted by atomic mass is 35.5. The molecule has 3 heterocycles. The first-order valence-corrected chi connectivity index (χ1v) is 9.69. The number of aromatic nitrogens is 4. The molecule has 1 aliphatic heterocycles. The number of fused-ring (bicyclic) bond motifs is 1. The Bertz CT molecular complexity index is 901. The van der Waals surface area contributed by atoms with Gasteiger partial charge in [0.05, 0.1) is 11.4 Å². The first-order valence-electron chi connectivity index (χ1n) is 9.69. The molecule has 0 unspecified atom stereocenters. The molecule has 3 aromatic rings. The molecule has 0 atom stereocenters. The fourth-order valence-electron chi connectivity index (χ4n) is 3.24. The van der Waals surface area contributed by atoms with Crippen molar-refractivity contribution in [3.63, 3.8) is 0 Å². The molecule has 0 aliphatic carbocycles. The van der Waals surface area contributed by atoms with Crippen molar-refractivity contribution in [1.82, 2.24) is 30.6 Å². The minimum Gasteiger partial charge on any atom is -0.356 e. The maximum absolute atomic E-state index is 12.1. The van der Waals surface area contributed by atoms with Gasteiger partial charge >= 0.3 is 0 Å². The van der Waals surface area contributed by atoms with Gasteiger partial charge in [-0.05, 0) is 31.2 Å². The average molecular weight is 417 g/mol. The minimum absolute atomic E-state index is 0. The number of hydrogen-bond donors (Lipinski definition) is 2. The summed E-state index contributed by atoms with van der Waals surface area (Å²) in [5.74, 6) is 1.09. The summed E-state index contributed by atoms with van der Waals surface area (Å²) in [7, 11) is 0. The molecule has 0 fully saturated rings. The zero-order valence-corrected chi connectivity index (χ0v) is 17.0. The fraction of sp³-hybridized carbons (Fsp3) is 0.400. The van der Waals surface area contributed by atoms with E-state index in [-0.39, 0.29) is 18.3 Å². The first-order chi connectivity index (χ1) is 13.8. The SMILES string of the molecule is Cl.O=C(CCc1cc2n(n1)CCCNC2)NCCc1noc(-c2ccccc2)n1. The Labute approximate surface area is 175 Å². The van der Waals surface area contributed by atoms with Gasteiger partial charge in [-0.1, -0.05) is 23.4 Å². The van der Waals surface area contributed by atoms with Crippen LogP contribution in [0, 0.1) is 0 Å². The Morgan fingerprint density at radius 3 is 2.97 bits per heavy atom. The second kappa shape index (κ2) is 10.2. The van der Waals surface area contributed by atoms with Gasteiger partial charge < -0.3 is 15.2 Å². The monoisotopic (exact) mass is 416 g/mol. The van der Waals surface area contributed by atoms with E-state index in [1.807, 2.05) is 35.0 Å². The summed E-state index contributed by atoms with van der Waals surface area (Å²) in [6.45, 7) is 3.28. The van der Waals surface area contributed by atoms with Gasteiger partial charge in [0, 0.05) is 44.5 Å². The van der Waals surface area contributed by atoms with Crippen LogP contribution in [0.3, 0.4) is 0 Å². The number of carbonyl (C=O) groups is 1. The van der Waals surface area contributed by atoms with Gasteiger partial charge in [0.15, 0.2) is 5.82 Å². The molecule has 9 heteroatoms. The maximum atomic E-state index is 12.1. The molecule has 1 aliphatic rings. The zero-order chi connectivity index (χ0) is 19.2. The van der Waals surface area contributed by atoms with Crippen molar-refractivity contribution in [3.05, 3.63) is 53.6 Å². The Morgan fingerprint density at radius 2 is 2.10 bits per heavy atom. The third-order valence-electron chi connectivity index (χ3n) is 4.71. The van der Waals surface area contributed by atoms with E-state index in [2.05, 4.69) is 31.9 Å². The highest BCUT2D eigenvalue weighted by Crippen LogP contribution is 2.16. The lowest BCUT2D eigenvalue weighted by atomic mass is 10.2. The quantitative estimate of drug-likeness (QED) is 0.612. The molecule has 154 valence electrons. The van der Waals surface area contributed by atoms with Gasteiger partial charge in [0.2, 0.25) is 5.91 Å². The molecule has 8 nitrogen and oxygen atoms in total. The van der Waals surface area contributed by atoms with Crippen LogP contribution < -0.4 is 10.6 Å². The van der Waals surface area contributed by atoms with Gasteiger partial charge in [0.25, 0.3) is 5.89 Å². The van der Waals surface area contributed by atoms with E-state index < -0.39 is 0 Å². The summed E-state index contributed by atoms with van der Waals surface area (Å²) < 4.78 is 7.32. The fourth-order valence-corrected chi connectivity index (χ4v) is 3.24. The van der Waals surface area contributed by atoms with Gasteiger partial charge in [-0.25, -0.2) is 0 Å². The molecular formula is C20H25ClN6O2. The third-order valence-corrected chi connectivity index (χ3v) is 4.71. The van der Waals surface area contributed by atoms with Crippen molar-refractivity contribution in [2.24, 2.45) is 0 Å². The lowest BCUT2D eigenvalue weighted by Crippen LogP contribution is -2.26.